The molecule has 2 atom stereocenters. The van der Waals surface area contributed by atoms with Gasteiger partial charge in [0.05, 0.1) is 6.54 Å². The monoisotopic (exact) mass is 281 g/mol. The molecule has 0 aromatic heterocycles. The highest BCUT2D eigenvalue weighted by atomic mass is 16.6. The highest BCUT2D eigenvalue weighted by molar-refractivity contribution is 5.86. The van der Waals surface area contributed by atoms with Gasteiger partial charge in [-0.15, -0.1) is 0 Å². The van der Waals surface area contributed by atoms with E-state index in [0.717, 1.165) is 19.3 Å². The molecule has 20 heavy (non-hydrogen) atoms. The Bertz CT molecular complexity index is 399. The number of hydrogen-bond acceptors (Lipinski definition) is 3. The fraction of sp³-hybridized carbons (Fsp3) is 0.875. The average Bonchev–Trinajstić information content (AvgIpc) is 2.24. The van der Waals surface area contributed by atoms with E-state index in [-0.39, 0.29) is 23.8 Å². The zero-order valence-corrected chi connectivity index (χ0v) is 13.2. The normalized spacial score (nSPS) is 31.5. The number of ether oxygens (including phenoxy) is 1. The Morgan fingerprint density at radius 2 is 2.10 bits per heavy atom. The van der Waals surface area contributed by atoms with Crippen molar-refractivity contribution in [2.45, 2.75) is 65.4 Å². The van der Waals surface area contributed by atoms with Crippen molar-refractivity contribution in [2.24, 2.45) is 11.3 Å². The summed E-state index contributed by atoms with van der Waals surface area (Å²) in [5.74, 6) is 0.825. The first-order chi connectivity index (χ1) is 9.19. The molecule has 2 aliphatic rings. The Labute approximate surface area is 121 Å². The van der Waals surface area contributed by atoms with Gasteiger partial charge in [-0.1, -0.05) is 19.8 Å². The van der Waals surface area contributed by atoms with Crippen LogP contribution in [0.1, 0.15) is 59.8 Å². The van der Waals surface area contributed by atoms with Crippen LogP contribution in [0.4, 0.5) is 4.79 Å². The summed E-state index contributed by atoms with van der Waals surface area (Å²) in [6.07, 6.45) is 4.80. The molecule has 1 heterocycles. The van der Waals surface area contributed by atoms with Crippen molar-refractivity contribution in [1.29, 1.82) is 0 Å². The van der Waals surface area contributed by atoms with Gasteiger partial charge in [0.15, 0.2) is 5.78 Å². The molecule has 0 bridgehead atoms. The predicted octanol–water partition coefficient (Wildman–Crippen LogP) is 3.39. The second kappa shape index (κ2) is 5.38. The molecule has 4 nitrogen and oxygen atoms in total. The predicted molar refractivity (Wildman–Crippen MR) is 77.5 cm³/mol. The summed E-state index contributed by atoms with van der Waals surface area (Å²) in [6, 6.07) is 0. The molecule has 0 aromatic rings. The van der Waals surface area contributed by atoms with Gasteiger partial charge in [0.1, 0.15) is 5.60 Å². The van der Waals surface area contributed by atoms with Crippen LogP contribution in [0.2, 0.25) is 0 Å². The first-order valence-electron chi connectivity index (χ1n) is 7.69. The standard InChI is InChI=1S/C16H27NO3/c1-12-6-5-7-16(8-12)9-13(18)10-17(11-16)14(19)20-15(2,3)4/h12H,5-11H2,1-4H3. The third-order valence-corrected chi connectivity index (χ3v) is 4.30. The van der Waals surface area contributed by atoms with Crippen molar-refractivity contribution < 1.29 is 14.3 Å². The highest BCUT2D eigenvalue weighted by Crippen LogP contribution is 2.44. The Kier molecular flexibility index (Phi) is 4.12. The summed E-state index contributed by atoms with van der Waals surface area (Å²) in [4.78, 5) is 25.9. The number of hydrogen-bond donors (Lipinski definition) is 0. The van der Waals surface area contributed by atoms with Gasteiger partial charge in [-0.3, -0.25) is 4.79 Å². The SMILES string of the molecule is CC1CCCC2(CC(=O)CN(C(=O)OC(C)(C)C)C2)C1. The maximum absolute atomic E-state index is 12.2. The molecular formula is C16H27NO3. The lowest BCUT2D eigenvalue weighted by molar-refractivity contribution is -0.128. The van der Waals surface area contributed by atoms with Crippen LogP contribution in [0, 0.1) is 11.3 Å². The number of ketones is 1. The Morgan fingerprint density at radius 1 is 1.40 bits per heavy atom. The zero-order chi connectivity index (χ0) is 15.0. The van der Waals surface area contributed by atoms with Crippen LogP contribution in [0.25, 0.3) is 0 Å². The summed E-state index contributed by atoms with van der Waals surface area (Å²) in [5, 5.41) is 0. The molecule has 1 saturated heterocycles. The third kappa shape index (κ3) is 3.74. The lowest BCUT2D eigenvalue weighted by Gasteiger charge is -2.46. The lowest BCUT2D eigenvalue weighted by Crippen LogP contribution is -2.52. The Morgan fingerprint density at radius 3 is 2.70 bits per heavy atom. The summed E-state index contributed by atoms with van der Waals surface area (Å²) in [7, 11) is 0. The van der Waals surface area contributed by atoms with Crippen LogP contribution >= 0.6 is 0 Å². The molecule has 1 saturated carbocycles. The van der Waals surface area contributed by atoms with E-state index in [0.29, 0.717) is 18.9 Å². The quantitative estimate of drug-likeness (QED) is 0.683. The number of carbonyl (C=O) groups excluding carboxylic acids is 2. The van der Waals surface area contributed by atoms with E-state index in [1.54, 1.807) is 4.90 Å². The van der Waals surface area contributed by atoms with Gasteiger partial charge in [-0.2, -0.15) is 0 Å². The number of Topliss-reactive ketones (excluding diaryl/α,β-unsaturated/α-hetero) is 1. The van der Waals surface area contributed by atoms with Crippen molar-refractivity contribution in [3.8, 4) is 0 Å². The van der Waals surface area contributed by atoms with Crippen molar-refractivity contribution in [3.05, 3.63) is 0 Å². The summed E-state index contributed by atoms with van der Waals surface area (Å²) < 4.78 is 5.42. The summed E-state index contributed by atoms with van der Waals surface area (Å²) >= 11 is 0. The number of likely N-dealkylation sites (tertiary alicyclic amines) is 1. The molecule has 0 aromatic carbocycles. The molecule has 4 heteroatoms. The second-order valence-electron chi connectivity index (χ2n) is 7.75. The van der Waals surface area contributed by atoms with Crippen LogP contribution in [0.15, 0.2) is 0 Å². The molecule has 1 aliphatic carbocycles. The van der Waals surface area contributed by atoms with Gasteiger partial charge in [0.2, 0.25) is 0 Å². The van der Waals surface area contributed by atoms with Crippen LogP contribution in [0.5, 0.6) is 0 Å². The third-order valence-electron chi connectivity index (χ3n) is 4.30. The van der Waals surface area contributed by atoms with Gasteiger partial charge < -0.3 is 9.64 Å². The number of carbonyl (C=O) groups is 2. The van der Waals surface area contributed by atoms with E-state index >= 15 is 0 Å². The number of nitrogens with zero attached hydrogens (tertiary/aromatic N) is 1. The fourth-order valence-electron chi connectivity index (χ4n) is 3.73. The summed E-state index contributed by atoms with van der Waals surface area (Å²) in [6.45, 7) is 8.71. The number of rotatable bonds is 0. The molecule has 1 amide bonds. The molecule has 114 valence electrons. The molecule has 0 N–H and O–H groups in total. The van der Waals surface area contributed by atoms with Crippen LogP contribution in [0.3, 0.4) is 0 Å². The minimum atomic E-state index is -0.509. The summed E-state index contributed by atoms with van der Waals surface area (Å²) in [5.41, 5.74) is -0.505. The van der Waals surface area contributed by atoms with Gasteiger partial charge in [-0.05, 0) is 44.9 Å². The molecule has 1 aliphatic heterocycles. The van der Waals surface area contributed by atoms with E-state index in [2.05, 4.69) is 6.92 Å². The van der Waals surface area contributed by atoms with E-state index in [9.17, 15) is 9.59 Å². The van der Waals surface area contributed by atoms with Gasteiger partial charge >= 0.3 is 6.09 Å². The first kappa shape index (κ1) is 15.3. The van der Waals surface area contributed by atoms with Crippen molar-refractivity contribution >= 4 is 11.9 Å². The number of piperidine rings is 1. The van der Waals surface area contributed by atoms with Gasteiger partial charge in [0.25, 0.3) is 0 Å². The minimum absolute atomic E-state index is 0.00387. The molecule has 0 radical (unpaired) electrons. The second-order valence-corrected chi connectivity index (χ2v) is 7.75. The molecule has 1 spiro atoms. The highest BCUT2D eigenvalue weighted by Gasteiger charge is 2.43. The average molecular weight is 281 g/mol. The molecule has 2 rings (SSSR count). The fourth-order valence-corrected chi connectivity index (χ4v) is 3.73. The van der Waals surface area contributed by atoms with E-state index < -0.39 is 5.60 Å². The van der Waals surface area contributed by atoms with Gasteiger partial charge in [0, 0.05) is 13.0 Å². The topological polar surface area (TPSA) is 46.6 Å². The smallest absolute Gasteiger partial charge is 0.410 e. The zero-order valence-electron chi connectivity index (χ0n) is 13.2. The minimum Gasteiger partial charge on any atom is -0.444 e. The van der Waals surface area contributed by atoms with Gasteiger partial charge in [-0.25, -0.2) is 4.79 Å². The van der Waals surface area contributed by atoms with Crippen LogP contribution < -0.4 is 0 Å². The van der Waals surface area contributed by atoms with E-state index in [4.69, 9.17) is 4.74 Å². The lowest BCUT2D eigenvalue weighted by atomic mass is 9.66. The van der Waals surface area contributed by atoms with Crippen molar-refractivity contribution in [1.82, 2.24) is 4.90 Å². The van der Waals surface area contributed by atoms with Crippen molar-refractivity contribution in [3.63, 3.8) is 0 Å². The maximum atomic E-state index is 12.2. The van der Waals surface area contributed by atoms with Crippen molar-refractivity contribution in [2.75, 3.05) is 13.1 Å². The molecular weight excluding hydrogens is 254 g/mol. The van der Waals surface area contributed by atoms with E-state index in [1.165, 1.54) is 6.42 Å². The van der Waals surface area contributed by atoms with Crippen LogP contribution in [-0.4, -0.2) is 35.5 Å². The Balaban J connectivity index is 2.08. The van der Waals surface area contributed by atoms with E-state index in [1.807, 2.05) is 20.8 Å². The molecule has 2 unspecified atom stereocenters. The maximum Gasteiger partial charge on any atom is 0.410 e. The first-order valence-corrected chi connectivity index (χ1v) is 7.69. The number of amides is 1. The van der Waals surface area contributed by atoms with Crippen LogP contribution in [-0.2, 0) is 9.53 Å². The largest absolute Gasteiger partial charge is 0.444 e. The molecule has 2 fully saturated rings. The Hall–Kier alpha value is -1.06.